The maximum Gasteiger partial charge on any atom is 0.240 e. The standard InChI is InChI=1S/C24H22N2O4/c1-16(27)26-22(17-8-11-19(29-2)12-9-17)15-21(25-26)18-10-13-24(23(28)14-18)30-20-6-4-3-5-7-20/h3-14,22,28H,15H2,1-2H3. The molecule has 3 aromatic rings. The zero-order valence-electron chi connectivity index (χ0n) is 16.8. The van der Waals surface area contributed by atoms with E-state index in [9.17, 15) is 9.90 Å². The molecule has 0 radical (unpaired) electrons. The van der Waals surface area contributed by atoms with Crippen LogP contribution in [0.4, 0.5) is 0 Å². The molecular formula is C24H22N2O4. The summed E-state index contributed by atoms with van der Waals surface area (Å²) in [6.45, 7) is 1.50. The third-order valence-corrected chi connectivity index (χ3v) is 5.00. The first kappa shape index (κ1) is 19.5. The number of hydrazone groups is 1. The van der Waals surface area contributed by atoms with Crippen LogP contribution in [-0.4, -0.2) is 28.8 Å². The van der Waals surface area contributed by atoms with Crippen molar-refractivity contribution in [3.63, 3.8) is 0 Å². The van der Waals surface area contributed by atoms with E-state index in [1.807, 2.05) is 60.7 Å². The van der Waals surface area contributed by atoms with E-state index in [1.165, 1.54) is 11.9 Å². The van der Waals surface area contributed by atoms with Gasteiger partial charge in [-0.2, -0.15) is 5.10 Å². The fourth-order valence-electron chi connectivity index (χ4n) is 3.46. The molecule has 1 heterocycles. The fourth-order valence-corrected chi connectivity index (χ4v) is 3.46. The van der Waals surface area contributed by atoms with Crippen molar-refractivity contribution < 1.29 is 19.4 Å². The number of hydrogen-bond acceptors (Lipinski definition) is 5. The number of amides is 1. The Kier molecular flexibility index (Phi) is 5.39. The molecule has 1 aliphatic rings. The van der Waals surface area contributed by atoms with Crippen LogP contribution in [-0.2, 0) is 4.79 Å². The molecule has 3 aromatic carbocycles. The zero-order valence-corrected chi connectivity index (χ0v) is 16.8. The van der Waals surface area contributed by atoms with Gasteiger partial charge in [0.1, 0.15) is 11.5 Å². The largest absolute Gasteiger partial charge is 0.504 e. The third kappa shape index (κ3) is 3.98. The highest BCUT2D eigenvalue weighted by Gasteiger charge is 2.31. The number of phenols is 1. The number of aromatic hydroxyl groups is 1. The molecule has 1 aliphatic heterocycles. The lowest BCUT2D eigenvalue weighted by atomic mass is 9.98. The highest BCUT2D eigenvalue weighted by Crippen LogP contribution is 2.36. The van der Waals surface area contributed by atoms with Crippen LogP contribution in [0.1, 0.15) is 30.5 Å². The number of carbonyl (C=O) groups is 1. The van der Waals surface area contributed by atoms with Crippen LogP contribution in [0, 0.1) is 0 Å². The molecule has 0 saturated carbocycles. The van der Waals surface area contributed by atoms with Crippen molar-refractivity contribution >= 4 is 11.6 Å². The second-order valence-electron chi connectivity index (χ2n) is 7.00. The summed E-state index contributed by atoms with van der Waals surface area (Å²) in [5.41, 5.74) is 2.45. The van der Waals surface area contributed by atoms with E-state index < -0.39 is 0 Å². The predicted molar refractivity (Wildman–Crippen MR) is 114 cm³/mol. The molecule has 6 heteroatoms. The maximum absolute atomic E-state index is 12.2. The van der Waals surface area contributed by atoms with E-state index in [2.05, 4.69) is 5.10 Å². The van der Waals surface area contributed by atoms with Crippen LogP contribution in [0.3, 0.4) is 0 Å². The van der Waals surface area contributed by atoms with E-state index in [4.69, 9.17) is 9.47 Å². The molecule has 1 N–H and O–H groups in total. The van der Waals surface area contributed by atoms with E-state index in [1.54, 1.807) is 19.2 Å². The Morgan fingerprint density at radius 2 is 1.77 bits per heavy atom. The van der Waals surface area contributed by atoms with Gasteiger partial charge in [-0.05, 0) is 48.0 Å². The highest BCUT2D eigenvalue weighted by atomic mass is 16.5. The van der Waals surface area contributed by atoms with Gasteiger partial charge in [0, 0.05) is 18.9 Å². The van der Waals surface area contributed by atoms with Crippen LogP contribution in [0.5, 0.6) is 23.0 Å². The molecule has 152 valence electrons. The summed E-state index contributed by atoms with van der Waals surface area (Å²) in [7, 11) is 1.62. The van der Waals surface area contributed by atoms with Crippen LogP contribution >= 0.6 is 0 Å². The van der Waals surface area contributed by atoms with Crippen LogP contribution in [0.2, 0.25) is 0 Å². The molecule has 1 unspecified atom stereocenters. The van der Waals surface area contributed by atoms with Gasteiger partial charge >= 0.3 is 0 Å². The van der Waals surface area contributed by atoms with E-state index in [-0.39, 0.29) is 17.7 Å². The fraction of sp³-hybridized carbons (Fsp3) is 0.167. The van der Waals surface area contributed by atoms with Crippen molar-refractivity contribution in [3.8, 4) is 23.0 Å². The number of nitrogens with zero attached hydrogens (tertiary/aromatic N) is 2. The quantitative estimate of drug-likeness (QED) is 0.660. The molecule has 0 spiro atoms. The lowest BCUT2D eigenvalue weighted by Gasteiger charge is -2.20. The second kappa shape index (κ2) is 8.29. The van der Waals surface area contributed by atoms with Crippen molar-refractivity contribution in [2.45, 2.75) is 19.4 Å². The van der Waals surface area contributed by atoms with Crippen molar-refractivity contribution in [2.24, 2.45) is 5.10 Å². The molecule has 0 bridgehead atoms. The number of ether oxygens (including phenoxy) is 2. The Balaban J connectivity index is 1.58. The topological polar surface area (TPSA) is 71.4 Å². The molecule has 0 saturated heterocycles. The van der Waals surface area contributed by atoms with Crippen molar-refractivity contribution in [3.05, 3.63) is 83.9 Å². The Morgan fingerprint density at radius 1 is 1.03 bits per heavy atom. The maximum atomic E-state index is 12.2. The van der Waals surface area contributed by atoms with Crippen molar-refractivity contribution in [1.29, 1.82) is 0 Å². The van der Waals surface area contributed by atoms with Gasteiger partial charge in [0.05, 0.1) is 18.9 Å². The zero-order chi connectivity index (χ0) is 21.1. The van der Waals surface area contributed by atoms with Gasteiger partial charge in [0.15, 0.2) is 11.5 Å². The number of hydrogen-bond donors (Lipinski definition) is 1. The molecular weight excluding hydrogens is 380 g/mol. The van der Waals surface area contributed by atoms with Crippen LogP contribution in [0.25, 0.3) is 0 Å². The number of rotatable bonds is 5. The molecule has 1 amide bonds. The average Bonchev–Trinajstić information content (AvgIpc) is 3.22. The van der Waals surface area contributed by atoms with Gasteiger partial charge in [-0.25, -0.2) is 5.01 Å². The number of para-hydroxylation sites is 1. The summed E-state index contributed by atoms with van der Waals surface area (Å²) in [4.78, 5) is 12.2. The number of methoxy groups -OCH3 is 1. The van der Waals surface area contributed by atoms with Crippen molar-refractivity contribution in [2.75, 3.05) is 7.11 Å². The number of phenolic OH excluding ortho intramolecular Hbond substituents is 1. The second-order valence-corrected chi connectivity index (χ2v) is 7.00. The molecule has 0 aromatic heterocycles. The summed E-state index contributed by atoms with van der Waals surface area (Å²) in [6.07, 6.45) is 0.546. The molecule has 30 heavy (non-hydrogen) atoms. The number of carbonyl (C=O) groups excluding carboxylic acids is 1. The third-order valence-electron chi connectivity index (χ3n) is 5.00. The van der Waals surface area contributed by atoms with Gasteiger partial charge in [0.2, 0.25) is 5.91 Å². The Bertz CT molecular complexity index is 1080. The minimum absolute atomic E-state index is 0.0151. The van der Waals surface area contributed by atoms with Crippen LogP contribution < -0.4 is 9.47 Å². The van der Waals surface area contributed by atoms with E-state index in [0.29, 0.717) is 17.9 Å². The minimum Gasteiger partial charge on any atom is -0.504 e. The van der Waals surface area contributed by atoms with Gasteiger partial charge in [-0.1, -0.05) is 30.3 Å². The Labute approximate surface area is 175 Å². The molecule has 1 atom stereocenters. The molecule has 0 aliphatic carbocycles. The molecule has 0 fully saturated rings. The smallest absolute Gasteiger partial charge is 0.240 e. The predicted octanol–water partition coefficient (Wildman–Crippen LogP) is 4.89. The summed E-state index contributed by atoms with van der Waals surface area (Å²) in [5.74, 6) is 1.63. The SMILES string of the molecule is COc1ccc(C2CC(c3ccc(Oc4ccccc4)c(O)c3)=NN2C(C)=O)cc1. The Hall–Kier alpha value is -3.80. The molecule has 4 rings (SSSR count). The lowest BCUT2D eigenvalue weighted by Crippen LogP contribution is -2.24. The minimum atomic E-state index is -0.203. The first-order chi connectivity index (χ1) is 14.5. The number of benzene rings is 3. The van der Waals surface area contributed by atoms with Crippen LogP contribution in [0.15, 0.2) is 77.9 Å². The first-order valence-corrected chi connectivity index (χ1v) is 9.62. The Morgan fingerprint density at radius 3 is 2.40 bits per heavy atom. The summed E-state index contributed by atoms with van der Waals surface area (Å²) in [5, 5.41) is 16.5. The average molecular weight is 402 g/mol. The van der Waals surface area contributed by atoms with Gasteiger partial charge in [-0.3, -0.25) is 4.79 Å². The van der Waals surface area contributed by atoms with Gasteiger partial charge < -0.3 is 14.6 Å². The summed E-state index contributed by atoms with van der Waals surface area (Å²) < 4.78 is 10.9. The van der Waals surface area contributed by atoms with E-state index in [0.717, 1.165) is 22.6 Å². The summed E-state index contributed by atoms with van der Waals surface area (Å²) >= 11 is 0. The first-order valence-electron chi connectivity index (χ1n) is 9.62. The van der Waals surface area contributed by atoms with Crippen molar-refractivity contribution in [1.82, 2.24) is 5.01 Å². The lowest BCUT2D eigenvalue weighted by molar-refractivity contribution is -0.130. The van der Waals surface area contributed by atoms with Gasteiger partial charge in [-0.15, -0.1) is 0 Å². The highest BCUT2D eigenvalue weighted by molar-refractivity contribution is 6.03. The van der Waals surface area contributed by atoms with E-state index >= 15 is 0 Å². The monoisotopic (exact) mass is 402 g/mol. The molecule has 6 nitrogen and oxygen atoms in total. The summed E-state index contributed by atoms with van der Waals surface area (Å²) in [6, 6.07) is 21.8. The van der Waals surface area contributed by atoms with Gasteiger partial charge in [0.25, 0.3) is 0 Å². The normalized spacial score (nSPS) is 15.6.